The van der Waals surface area contributed by atoms with E-state index in [1.54, 1.807) is 48.6 Å². The molecule has 0 unspecified atom stereocenters. The number of carbonyl (C=O) groups is 4. The molecule has 0 saturated carbocycles. The molecule has 4 aromatic rings. The van der Waals surface area contributed by atoms with Crippen molar-refractivity contribution in [3.8, 4) is 0 Å². The molecule has 1 heterocycles. The summed E-state index contributed by atoms with van der Waals surface area (Å²) in [5.74, 6) is -1.17. The highest BCUT2D eigenvalue weighted by atomic mass is 32.1. The van der Waals surface area contributed by atoms with Gasteiger partial charge in [0.1, 0.15) is 0 Å². The number of Topliss-reactive ketones (excluding diaryl/α,β-unsaturated/α-hetero) is 2. The Labute approximate surface area is 329 Å². The van der Waals surface area contributed by atoms with Crippen LogP contribution in [0.2, 0.25) is 0 Å². The van der Waals surface area contributed by atoms with Crippen molar-refractivity contribution in [3.05, 3.63) is 161 Å². The van der Waals surface area contributed by atoms with Crippen molar-refractivity contribution in [1.82, 2.24) is 10.6 Å². The zero-order valence-corrected chi connectivity index (χ0v) is 32.3. The molecular weight excluding hydrogens is 733 g/mol. The minimum Gasteiger partial charge on any atom is -0.319 e. The van der Waals surface area contributed by atoms with Gasteiger partial charge in [-0.25, -0.2) is 0 Å². The number of nitrogens with zero attached hydrogens (tertiary/aromatic N) is 2. The lowest BCUT2D eigenvalue weighted by Gasteiger charge is -2.08. The van der Waals surface area contributed by atoms with Gasteiger partial charge in [0, 0.05) is 54.1 Å². The summed E-state index contributed by atoms with van der Waals surface area (Å²) in [6.07, 6.45) is 13.0. The number of benzene rings is 3. The maximum atomic E-state index is 12.5. The summed E-state index contributed by atoms with van der Waals surface area (Å²) in [6, 6.07) is 23.1. The van der Waals surface area contributed by atoms with Crippen LogP contribution >= 0.6 is 11.3 Å². The number of ketones is 2. The smallest absolute Gasteiger partial charge is 0.269 e. The Hall–Kier alpha value is -6.60. The fourth-order valence-electron chi connectivity index (χ4n) is 4.78. The highest BCUT2D eigenvalue weighted by Crippen LogP contribution is 2.17. The molecule has 0 aliphatic carbocycles. The molecule has 290 valence electrons. The fraction of sp³-hybridized carbons (Fsp3) is 0.209. The molecule has 0 aliphatic rings. The summed E-state index contributed by atoms with van der Waals surface area (Å²) in [6.45, 7) is 5.95. The van der Waals surface area contributed by atoms with E-state index in [0.717, 1.165) is 35.3 Å². The van der Waals surface area contributed by atoms with Gasteiger partial charge in [0.2, 0.25) is 11.8 Å². The van der Waals surface area contributed by atoms with Crippen LogP contribution in [0.5, 0.6) is 0 Å². The zero-order chi connectivity index (χ0) is 40.9. The lowest BCUT2D eigenvalue weighted by atomic mass is 10.1. The van der Waals surface area contributed by atoms with Gasteiger partial charge in [0.05, 0.1) is 21.2 Å². The summed E-state index contributed by atoms with van der Waals surface area (Å²) in [4.78, 5) is 71.0. The monoisotopic (exact) mass is 776 g/mol. The summed E-state index contributed by atoms with van der Waals surface area (Å²) in [5, 5.41) is 28.7. The molecule has 13 heteroatoms. The van der Waals surface area contributed by atoms with Crippen molar-refractivity contribution in [3.63, 3.8) is 0 Å². The molecule has 0 fully saturated rings. The van der Waals surface area contributed by atoms with Gasteiger partial charge in [-0.05, 0) is 96.5 Å². The molecule has 0 aliphatic heterocycles. The highest BCUT2D eigenvalue weighted by molar-refractivity contribution is 7.10. The Morgan fingerprint density at radius 1 is 0.625 bits per heavy atom. The molecule has 0 bridgehead atoms. The molecule has 4 rings (SSSR count). The maximum absolute atomic E-state index is 12.5. The summed E-state index contributed by atoms with van der Waals surface area (Å²) < 4.78 is 0. The Morgan fingerprint density at radius 2 is 1.05 bits per heavy atom. The van der Waals surface area contributed by atoms with Crippen LogP contribution < -0.4 is 10.6 Å². The van der Waals surface area contributed by atoms with E-state index in [0.29, 0.717) is 30.4 Å². The van der Waals surface area contributed by atoms with Crippen molar-refractivity contribution in [1.29, 1.82) is 0 Å². The second-order valence-corrected chi connectivity index (χ2v) is 13.4. The third-order valence-electron chi connectivity index (χ3n) is 7.91. The van der Waals surface area contributed by atoms with E-state index in [1.807, 2.05) is 62.5 Å². The quantitative estimate of drug-likeness (QED) is 0.0570. The van der Waals surface area contributed by atoms with E-state index in [1.165, 1.54) is 47.8 Å². The summed E-state index contributed by atoms with van der Waals surface area (Å²) >= 11 is 1.50. The molecule has 0 saturated heterocycles. The third kappa shape index (κ3) is 15.8. The van der Waals surface area contributed by atoms with Crippen LogP contribution in [-0.4, -0.2) is 33.2 Å². The third-order valence-corrected chi connectivity index (χ3v) is 8.75. The Kier molecular flexibility index (Phi) is 18.2. The molecular formula is C43H44N4O8S. The summed E-state index contributed by atoms with van der Waals surface area (Å²) in [5.41, 5.74) is 3.48. The maximum Gasteiger partial charge on any atom is 0.269 e. The summed E-state index contributed by atoms with van der Waals surface area (Å²) in [7, 11) is 0. The normalized spacial score (nSPS) is 11.5. The number of thiophene rings is 1. The average Bonchev–Trinajstić information content (AvgIpc) is 3.72. The number of aryl methyl sites for hydroxylation is 1. The number of hydrogen-bond donors (Lipinski definition) is 2. The second kappa shape index (κ2) is 23.2. The van der Waals surface area contributed by atoms with Gasteiger partial charge < -0.3 is 10.6 Å². The molecule has 2 amide bonds. The standard InChI is InChI=1S/C23H24N2O4.C20H20N2O4S/c1-3-4-5-22(26)21(16-19-10-13-20(14-11-19)25(28)29)24-23(27)15-12-18-8-6-17(2)7-9-18;1-2-3-6-19(23)18(14-15-7-9-16(10-8-15)22(25)26)21-20(24)12-11-17-5-4-13-27-17/h6-16H,3-5H2,1-2H3,(H,24,27);4-5,7-14H,2-3,6H2,1H3,(H,21,24)/b15-12+,21-16-;12-11+,18-14-. The van der Waals surface area contributed by atoms with Gasteiger partial charge in [0.25, 0.3) is 11.4 Å². The fourth-order valence-corrected chi connectivity index (χ4v) is 5.39. The second-order valence-electron chi connectivity index (χ2n) is 12.4. The lowest BCUT2D eigenvalue weighted by Crippen LogP contribution is -2.25. The van der Waals surface area contributed by atoms with Gasteiger partial charge in [-0.3, -0.25) is 39.4 Å². The van der Waals surface area contributed by atoms with Crippen LogP contribution in [0.25, 0.3) is 24.3 Å². The molecule has 2 N–H and O–H groups in total. The Balaban J connectivity index is 0.000000301. The van der Waals surface area contributed by atoms with E-state index >= 15 is 0 Å². The minimum absolute atomic E-state index is 0.0334. The largest absolute Gasteiger partial charge is 0.319 e. The molecule has 12 nitrogen and oxygen atoms in total. The Bertz CT molecular complexity index is 2080. The molecule has 0 atom stereocenters. The van der Waals surface area contributed by atoms with Crippen LogP contribution in [-0.2, 0) is 19.2 Å². The number of hydrogen-bond acceptors (Lipinski definition) is 9. The molecule has 3 aromatic carbocycles. The van der Waals surface area contributed by atoms with E-state index in [9.17, 15) is 39.4 Å². The van der Waals surface area contributed by atoms with E-state index < -0.39 is 21.7 Å². The first-order valence-electron chi connectivity index (χ1n) is 18.0. The molecule has 0 radical (unpaired) electrons. The van der Waals surface area contributed by atoms with Crippen LogP contribution in [0.3, 0.4) is 0 Å². The number of unbranched alkanes of at least 4 members (excludes halogenated alkanes) is 2. The predicted octanol–water partition coefficient (Wildman–Crippen LogP) is 9.42. The van der Waals surface area contributed by atoms with Gasteiger partial charge in [-0.1, -0.05) is 62.6 Å². The van der Waals surface area contributed by atoms with Gasteiger partial charge in [0.15, 0.2) is 11.6 Å². The number of non-ortho nitro benzene ring substituents is 2. The Morgan fingerprint density at radius 3 is 1.45 bits per heavy atom. The van der Waals surface area contributed by atoms with E-state index in [2.05, 4.69) is 10.6 Å². The lowest BCUT2D eigenvalue weighted by molar-refractivity contribution is -0.385. The van der Waals surface area contributed by atoms with Crippen molar-refractivity contribution >= 4 is 70.4 Å². The topological polar surface area (TPSA) is 179 Å². The number of rotatable bonds is 18. The minimum atomic E-state index is -0.488. The van der Waals surface area contributed by atoms with Crippen molar-refractivity contribution in [2.75, 3.05) is 0 Å². The van der Waals surface area contributed by atoms with Gasteiger partial charge in [-0.2, -0.15) is 0 Å². The van der Waals surface area contributed by atoms with Crippen LogP contribution in [0.1, 0.15) is 79.5 Å². The average molecular weight is 777 g/mol. The molecule has 0 spiro atoms. The number of carbonyl (C=O) groups excluding carboxylic acids is 4. The van der Waals surface area contributed by atoms with Gasteiger partial charge in [-0.15, -0.1) is 11.3 Å². The van der Waals surface area contributed by atoms with Crippen molar-refractivity contribution in [2.45, 2.75) is 59.3 Å². The number of nitro benzene ring substituents is 2. The van der Waals surface area contributed by atoms with E-state index in [4.69, 9.17) is 0 Å². The van der Waals surface area contributed by atoms with Crippen LogP contribution in [0, 0.1) is 27.2 Å². The first kappa shape index (κ1) is 43.8. The van der Waals surface area contributed by atoms with Gasteiger partial charge >= 0.3 is 0 Å². The zero-order valence-electron chi connectivity index (χ0n) is 31.4. The van der Waals surface area contributed by atoms with Crippen molar-refractivity contribution in [2.24, 2.45) is 0 Å². The first-order valence-corrected chi connectivity index (χ1v) is 18.8. The van der Waals surface area contributed by atoms with Crippen molar-refractivity contribution < 1.29 is 29.0 Å². The van der Waals surface area contributed by atoms with Crippen LogP contribution in [0.15, 0.2) is 114 Å². The highest BCUT2D eigenvalue weighted by Gasteiger charge is 2.14. The SMILES string of the molecule is CCCCC(=O)/C(=C/c1ccc([N+](=O)[O-])cc1)NC(=O)/C=C/c1ccc(C)cc1.CCCCC(=O)/C(=C/c1ccc([N+](=O)[O-])cc1)NC(=O)/C=C/c1cccs1. The number of amides is 2. The predicted molar refractivity (Wildman–Crippen MR) is 221 cm³/mol. The number of allylic oxidation sites excluding steroid dienone is 2. The molecule has 56 heavy (non-hydrogen) atoms. The van der Waals surface area contributed by atoms with Crippen LogP contribution in [0.4, 0.5) is 11.4 Å². The number of nitro groups is 2. The molecule has 1 aromatic heterocycles. The van der Waals surface area contributed by atoms with E-state index in [-0.39, 0.29) is 34.3 Å². The first-order chi connectivity index (χ1) is 26.9. The number of nitrogens with one attached hydrogen (secondary N) is 2.